The SMILES string of the molecule is C=C1C(OC)=CC(=O)/C1=C\C. The van der Waals surface area contributed by atoms with Gasteiger partial charge in [-0.15, -0.1) is 0 Å². The summed E-state index contributed by atoms with van der Waals surface area (Å²) in [7, 11) is 1.53. The van der Waals surface area contributed by atoms with Gasteiger partial charge in [-0.05, 0) is 6.92 Å². The van der Waals surface area contributed by atoms with Gasteiger partial charge < -0.3 is 4.74 Å². The van der Waals surface area contributed by atoms with Crippen molar-refractivity contribution in [2.75, 3.05) is 7.11 Å². The third kappa shape index (κ3) is 1.11. The topological polar surface area (TPSA) is 26.3 Å². The van der Waals surface area contributed by atoms with Crippen LogP contribution in [0.25, 0.3) is 0 Å². The van der Waals surface area contributed by atoms with Crippen molar-refractivity contribution in [2.24, 2.45) is 0 Å². The molecule has 0 aliphatic heterocycles. The largest absolute Gasteiger partial charge is 0.496 e. The molecule has 0 saturated carbocycles. The second kappa shape index (κ2) is 2.74. The Labute approximate surface area is 65.9 Å². The molecule has 0 radical (unpaired) electrons. The van der Waals surface area contributed by atoms with Gasteiger partial charge in [0.1, 0.15) is 5.76 Å². The normalized spacial score (nSPS) is 20.9. The van der Waals surface area contributed by atoms with Gasteiger partial charge in [0.2, 0.25) is 0 Å². The second-order valence-corrected chi connectivity index (χ2v) is 2.26. The Balaban J connectivity index is 3.03. The smallest absolute Gasteiger partial charge is 0.189 e. The van der Waals surface area contributed by atoms with Crippen LogP contribution in [0.4, 0.5) is 0 Å². The monoisotopic (exact) mass is 150 g/mol. The lowest BCUT2D eigenvalue weighted by atomic mass is 10.1. The van der Waals surface area contributed by atoms with Crippen LogP contribution in [0.15, 0.2) is 35.6 Å². The van der Waals surface area contributed by atoms with Crippen molar-refractivity contribution in [3.8, 4) is 0 Å². The maximum atomic E-state index is 11.1. The molecule has 11 heavy (non-hydrogen) atoms. The third-order valence-corrected chi connectivity index (χ3v) is 1.66. The molecule has 0 aromatic heterocycles. The first-order chi connectivity index (χ1) is 5.20. The van der Waals surface area contributed by atoms with E-state index >= 15 is 0 Å². The number of hydrogen-bond acceptors (Lipinski definition) is 2. The zero-order chi connectivity index (χ0) is 8.43. The number of carbonyl (C=O) groups excluding carboxylic acids is 1. The Morgan fingerprint density at radius 2 is 2.27 bits per heavy atom. The van der Waals surface area contributed by atoms with E-state index in [9.17, 15) is 4.79 Å². The maximum Gasteiger partial charge on any atom is 0.189 e. The van der Waals surface area contributed by atoms with Crippen molar-refractivity contribution in [3.05, 3.63) is 35.6 Å². The summed E-state index contributed by atoms with van der Waals surface area (Å²) in [6.07, 6.45) is 3.20. The minimum atomic E-state index is -0.0191. The molecule has 0 bridgehead atoms. The fourth-order valence-corrected chi connectivity index (χ4v) is 1.06. The lowest BCUT2D eigenvalue weighted by Gasteiger charge is -2.00. The van der Waals surface area contributed by atoms with E-state index in [4.69, 9.17) is 4.74 Å². The molecule has 0 aromatic rings. The highest BCUT2D eigenvalue weighted by atomic mass is 16.5. The minimum Gasteiger partial charge on any atom is -0.496 e. The molecule has 1 aliphatic carbocycles. The highest BCUT2D eigenvalue weighted by Gasteiger charge is 2.22. The Hall–Kier alpha value is -1.31. The molecule has 0 heterocycles. The van der Waals surface area contributed by atoms with Crippen LogP contribution in [0.2, 0.25) is 0 Å². The van der Waals surface area contributed by atoms with Gasteiger partial charge in [0.25, 0.3) is 0 Å². The molecule has 2 heteroatoms. The molecule has 0 saturated heterocycles. The number of carbonyl (C=O) groups is 1. The molecule has 0 N–H and O–H groups in total. The molecule has 0 fully saturated rings. The van der Waals surface area contributed by atoms with Crippen molar-refractivity contribution in [2.45, 2.75) is 6.92 Å². The molecule has 0 aromatic carbocycles. The van der Waals surface area contributed by atoms with E-state index in [0.717, 1.165) is 0 Å². The van der Waals surface area contributed by atoms with Gasteiger partial charge in [0, 0.05) is 17.2 Å². The number of hydrogen-bond donors (Lipinski definition) is 0. The molecule has 0 amide bonds. The van der Waals surface area contributed by atoms with Gasteiger partial charge in [-0.3, -0.25) is 4.79 Å². The molecule has 2 nitrogen and oxygen atoms in total. The van der Waals surface area contributed by atoms with Crippen molar-refractivity contribution < 1.29 is 9.53 Å². The number of ketones is 1. The van der Waals surface area contributed by atoms with Gasteiger partial charge in [0.05, 0.1) is 7.11 Å². The fourth-order valence-electron chi connectivity index (χ4n) is 1.06. The molecule has 1 aliphatic rings. The number of ether oxygens (including phenoxy) is 1. The first-order valence-electron chi connectivity index (χ1n) is 3.36. The molecule has 1 rings (SSSR count). The molecule has 0 spiro atoms. The summed E-state index contributed by atoms with van der Waals surface area (Å²) in [4.78, 5) is 11.1. The molecular formula is C9H10O2. The number of rotatable bonds is 1. The molecule has 0 atom stereocenters. The van der Waals surface area contributed by atoms with Crippen molar-refractivity contribution >= 4 is 5.78 Å². The second-order valence-electron chi connectivity index (χ2n) is 2.26. The van der Waals surface area contributed by atoms with E-state index in [1.807, 2.05) is 6.92 Å². The van der Waals surface area contributed by atoms with Crippen molar-refractivity contribution in [1.82, 2.24) is 0 Å². The van der Waals surface area contributed by atoms with E-state index in [2.05, 4.69) is 6.58 Å². The Bertz CT molecular complexity index is 269. The summed E-state index contributed by atoms with van der Waals surface area (Å²) in [6.45, 7) is 5.54. The lowest BCUT2D eigenvalue weighted by molar-refractivity contribution is -0.110. The molecular weight excluding hydrogens is 140 g/mol. The summed E-state index contributed by atoms with van der Waals surface area (Å²) in [5.41, 5.74) is 1.32. The zero-order valence-electron chi connectivity index (χ0n) is 6.68. The summed E-state index contributed by atoms with van der Waals surface area (Å²) in [6, 6.07) is 0. The van der Waals surface area contributed by atoms with Gasteiger partial charge >= 0.3 is 0 Å². The van der Waals surface area contributed by atoms with Crippen LogP contribution in [0, 0.1) is 0 Å². The van der Waals surface area contributed by atoms with Crippen LogP contribution >= 0.6 is 0 Å². The highest BCUT2D eigenvalue weighted by Crippen LogP contribution is 2.26. The van der Waals surface area contributed by atoms with Crippen LogP contribution in [-0.2, 0) is 9.53 Å². The van der Waals surface area contributed by atoms with Crippen molar-refractivity contribution in [3.63, 3.8) is 0 Å². The average molecular weight is 150 g/mol. The van der Waals surface area contributed by atoms with Crippen LogP contribution in [0.1, 0.15) is 6.92 Å². The van der Waals surface area contributed by atoms with Gasteiger partial charge in [-0.2, -0.15) is 0 Å². The molecule has 58 valence electrons. The van der Waals surface area contributed by atoms with E-state index in [1.54, 1.807) is 6.08 Å². The predicted molar refractivity (Wildman–Crippen MR) is 43.0 cm³/mol. The first kappa shape index (κ1) is 7.79. The van der Waals surface area contributed by atoms with E-state index in [0.29, 0.717) is 16.9 Å². The number of allylic oxidation sites excluding steroid dienone is 3. The maximum absolute atomic E-state index is 11.1. The van der Waals surface area contributed by atoms with E-state index < -0.39 is 0 Å². The van der Waals surface area contributed by atoms with Gasteiger partial charge in [0.15, 0.2) is 5.78 Å². The van der Waals surface area contributed by atoms with Crippen molar-refractivity contribution in [1.29, 1.82) is 0 Å². The Morgan fingerprint density at radius 1 is 1.64 bits per heavy atom. The fraction of sp³-hybridized carbons (Fsp3) is 0.222. The van der Waals surface area contributed by atoms with Crippen LogP contribution in [0.3, 0.4) is 0 Å². The average Bonchev–Trinajstić information content (AvgIpc) is 2.26. The quantitative estimate of drug-likeness (QED) is 0.531. The van der Waals surface area contributed by atoms with E-state index in [-0.39, 0.29) is 5.78 Å². The first-order valence-corrected chi connectivity index (χ1v) is 3.36. The zero-order valence-corrected chi connectivity index (χ0v) is 6.68. The Kier molecular flexibility index (Phi) is 1.94. The van der Waals surface area contributed by atoms with Crippen LogP contribution in [0.5, 0.6) is 0 Å². The van der Waals surface area contributed by atoms with E-state index in [1.165, 1.54) is 13.2 Å². The predicted octanol–water partition coefficient (Wildman–Crippen LogP) is 1.60. The lowest BCUT2D eigenvalue weighted by Crippen LogP contribution is -1.92. The van der Waals surface area contributed by atoms with Gasteiger partial charge in [-0.1, -0.05) is 12.7 Å². The Morgan fingerprint density at radius 3 is 2.55 bits per heavy atom. The highest BCUT2D eigenvalue weighted by molar-refractivity contribution is 6.12. The third-order valence-electron chi connectivity index (χ3n) is 1.66. The number of methoxy groups -OCH3 is 1. The van der Waals surface area contributed by atoms with Crippen LogP contribution in [-0.4, -0.2) is 12.9 Å². The standard InChI is InChI=1S/C9H10O2/c1-4-7-6(2)9(11-3)5-8(7)10/h4-5H,2H2,1,3H3/b7-4-. The summed E-state index contributed by atoms with van der Waals surface area (Å²) in [5, 5.41) is 0. The molecule has 0 unspecified atom stereocenters. The minimum absolute atomic E-state index is 0.0191. The summed E-state index contributed by atoms with van der Waals surface area (Å²) >= 11 is 0. The van der Waals surface area contributed by atoms with Crippen LogP contribution < -0.4 is 0 Å². The summed E-state index contributed by atoms with van der Waals surface area (Å²) < 4.78 is 4.93. The summed E-state index contributed by atoms with van der Waals surface area (Å²) in [5.74, 6) is 0.553. The van der Waals surface area contributed by atoms with Gasteiger partial charge in [-0.25, -0.2) is 0 Å².